The zero-order valence-corrected chi connectivity index (χ0v) is 11.8. The van der Waals surface area contributed by atoms with Crippen LogP contribution in [-0.2, 0) is 11.3 Å². The normalized spacial score (nSPS) is 10.1. The van der Waals surface area contributed by atoms with Gasteiger partial charge in [0.2, 0.25) is 0 Å². The van der Waals surface area contributed by atoms with Gasteiger partial charge in [0.15, 0.2) is 5.82 Å². The van der Waals surface area contributed by atoms with E-state index in [9.17, 15) is 9.59 Å². The van der Waals surface area contributed by atoms with Crippen molar-refractivity contribution in [2.45, 2.75) is 26.8 Å². The summed E-state index contributed by atoms with van der Waals surface area (Å²) in [5.41, 5.74) is 0.269. The molecule has 0 aliphatic carbocycles. The number of carbonyl (C=O) groups excluding carboxylic acids is 2. The summed E-state index contributed by atoms with van der Waals surface area (Å²) in [7, 11) is 3.23. The van der Waals surface area contributed by atoms with Crippen molar-refractivity contribution in [1.29, 1.82) is 0 Å². The minimum absolute atomic E-state index is 0.227. The number of anilines is 1. The van der Waals surface area contributed by atoms with Crippen molar-refractivity contribution < 1.29 is 14.3 Å². The van der Waals surface area contributed by atoms with E-state index in [-0.39, 0.29) is 24.0 Å². The first-order valence-corrected chi connectivity index (χ1v) is 6.22. The maximum atomic E-state index is 11.8. The smallest absolute Gasteiger partial charge is 0.343 e. The summed E-state index contributed by atoms with van der Waals surface area (Å²) >= 11 is 0. The molecule has 0 radical (unpaired) electrons. The average molecular weight is 268 g/mol. The van der Waals surface area contributed by atoms with Crippen LogP contribution in [0.4, 0.5) is 10.6 Å². The molecule has 0 bridgehead atoms. The third kappa shape index (κ3) is 3.97. The third-order valence-corrected chi connectivity index (χ3v) is 2.34. The van der Waals surface area contributed by atoms with Crippen LogP contribution >= 0.6 is 0 Å². The minimum atomic E-state index is -0.487. The Bertz CT molecular complexity index is 454. The number of ether oxygens (including phenoxy) is 1. The Balaban J connectivity index is 2.98. The van der Waals surface area contributed by atoms with Crippen molar-refractivity contribution in [3.8, 4) is 0 Å². The van der Waals surface area contributed by atoms with Crippen LogP contribution in [0.2, 0.25) is 0 Å². The van der Waals surface area contributed by atoms with E-state index in [4.69, 9.17) is 4.74 Å². The first-order chi connectivity index (χ1) is 8.99. The lowest BCUT2D eigenvalue weighted by atomic mass is 10.3. The molecule has 0 fully saturated rings. The summed E-state index contributed by atoms with van der Waals surface area (Å²) in [6, 6.07) is -0.340. The Morgan fingerprint density at radius 3 is 2.63 bits per heavy atom. The van der Waals surface area contributed by atoms with E-state index < -0.39 is 5.97 Å². The Kier molecular flexibility index (Phi) is 5.35. The van der Waals surface area contributed by atoms with E-state index in [1.54, 1.807) is 31.9 Å². The molecule has 19 heavy (non-hydrogen) atoms. The van der Waals surface area contributed by atoms with Crippen LogP contribution in [0.25, 0.3) is 0 Å². The second kappa shape index (κ2) is 6.77. The number of nitrogens with one attached hydrogen (secondary N) is 1. The number of urea groups is 1. The Morgan fingerprint density at radius 1 is 1.42 bits per heavy atom. The van der Waals surface area contributed by atoms with E-state index in [1.165, 1.54) is 4.90 Å². The topological polar surface area (TPSA) is 76.5 Å². The highest BCUT2D eigenvalue weighted by molar-refractivity contribution is 5.99. The van der Waals surface area contributed by atoms with Crippen LogP contribution < -0.4 is 5.32 Å². The molecular formula is C12H20N4O3. The minimum Gasteiger partial charge on any atom is -0.462 e. The van der Waals surface area contributed by atoms with E-state index in [0.29, 0.717) is 6.54 Å². The van der Waals surface area contributed by atoms with Gasteiger partial charge in [-0.3, -0.25) is 10.00 Å². The van der Waals surface area contributed by atoms with Crippen LogP contribution in [0, 0.1) is 0 Å². The SMILES string of the molecule is CCCn1cc(C(=O)OCC)c(NC(=O)N(C)C)n1. The van der Waals surface area contributed by atoms with Gasteiger partial charge in [0.05, 0.1) is 6.61 Å². The highest BCUT2D eigenvalue weighted by Crippen LogP contribution is 2.15. The summed E-state index contributed by atoms with van der Waals surface area (Å²) in [4.78, 5) is 24.8. The molecule has 0 aliphatic heterocycles. The molecule has 0 atom stereocenters. The molecule has 7 heteroatoms. The molecule has 1 rings (SSSR count). The lowest BCUT2D eigenvalue weighted by Crippen LogP contribution is -2.28. The Morgan fingerprint density at radius 2 is 2.11 bits per heavy atom. The van der Waals surface area contributed by atoms with E-state index in [1.807, 2.05) is 6.92 Å². The number of amides is 2. The van der Waals surface area contributed by atoms with Crippen molar-refractivity contribution in [1.82, 2.24) is 14.7 Å². The van der Waals surface area contributed by atoms with Crippen molar-refractivity contribution in [3.63, 3.8) is 0 Å². The van der Waals surface area contributed by atoms with Crippen molar-refractivity contribution >= 4 is 17.8 Å². The zero-order valence-electron chi connectivity index (χ0n) is 11.8. The monoisotopic (exact) mass is 268 g/mol. The van der Waals surface area contributed by atoms with E-state index >= 15 is 0 Å². The van der Waals surface area contributed by atoms with Crippen molar-refractivity contribution in [2.24, 2.45) is 0 Å². The number of hydrogen-bond donors (Lipinski definition) is 1. The molecule has 1 aromatic heterocycles. The van der Waals surface area contributed by atoms with Gasteiger partial charge in [-0.2, -0.15) is 5.10 Å². The summed E-state index contributed by atoms with van der Waals surface area (Å²) in [6.07, 6.45) is 2.47. The second-order valence-electron chi connectivity index (χ2n) is 4.20. The molecular weight excluding hydrogens is 248 g/mol. The maximum Gasteiger partial charge on any atom is 0.343 e. The Labute approximate surface area is 112 Å². The van der Waals surface area contributed by atoms with Crippen LogP contribution in [0.1, 0.15) is 30.6 Å². The molecule has 106 valence electrons. The molecule has 1 aromatic rings. The fourth-order valence-corrected chi connectivity index (χ4v) is 1.43. The van der Waals surface area contributed by atoms with Gasteiger partial charge < -0.3 is 9.64 Å². The summed E-state index contributed by atoms with van der Waals surface area (Å²) in [6.45, 7) is 4.68. The predicted octanol–water partition coefficient (Wildman–Crippen LogP) is 1.56. The average Bonchev–Trinajstić information content (AvgIpc) is 2.72. The molecule has 0 saturated heterocycles. The van der Waals surface area contributed by atoms with Gasteiger partial charge in [-0.15, -0.1) is 0 Å². The number of esters is 1. The summed E-state index contributed by atoms with van der Waals surface area (Å²) in [5.74, 6) is -0.260. The molecule has 0 aliphatic rings. The summed E-state index contributed by atoms with van der Waals surface area (Å²) < 4.78 is 6.57. The highest BCUT2D eigenvalue weighted by atomic mass is 16.5. The molecule has 7 nitrogen and oxygen atoms in total. The first-order valence-electron chi connectivity index (χ1n) is 6.22. The van der Waals surface area contributed by atoms with Crippen molar-refractivity contribution in [2.75, 3.05) is 26.0 Å². The zero-order chi connectivity index (χ0) is 14.4. The van der Waals surface area contributed by atoms with E-state index in [0.717, 1.165) is 6.42 Å². The first kappa shape index (κ1) is 15.0. The largest absolute Gasteiger partial charge is 0.462 e. The van der Waals surface area contributed by atoms with Gasteiger partial charge in [0.1, 0.15) is 5.56 Å². The van der Waals surface area contributed by atoms with Gasteiger partial charge >= 0.3 is 12.0 Å². The van der Waals surface area contributed by atoms with E-state index in [2.05, 4.69) is 10.4 Å². The lowest BCUT2D eigenvalue weighted by molar-refractivity contribution is 0.0527. The van der Waals surface area contributed by atoms with Gasteiger partial charge in [-0.25, -0.2) is 9.59 Å². The number of rotatable bonds is 5. The molecule has 0 spiro atoms. The summed E-state index contributed by atoms with van der Waals surface area (Å²) in [5, 5.41) is 6.77. The van der Waals surface area contributed by atoms with Gasteiger partial charge in [-0.1, -0.05) is 6.92 Å². The standard InChI is InChI=1S/C12H20N4O3/c1-5-7-16-8-9(11(17)19-6-2)10(14-16)13-12(18)15(3)4/h8H,5-7H2,1-4H3,(H,13,14,18). The number of aryl methyl sites for hydroxylation is 1. The van der Waals surface area contributed by atoms with Gasteiger partial charge in [0, 0.05) is 26.8 Å². The molecule has 1 heterocycles. The highest BCUT2D eigenvalue weighted by Gasteiger charge is 2.19. The molecule has 0 aromatic carbocycles. The fraction of sp³-hybridized carbons (Fsp3) is 0.583. The fourth-order valence-electron chi connectivity index (χ4n) is 1.43. The quantitative estimate of drug-likeness (QED) is 0.822. The lowest BCUT2D eigenvalue weighted by Gasteiger charge is -2.10. The van der Waals surface area contributed by atoms with Gasteiger partial charge in [0.25, 0.3) is 0 Å². The van der Waals surface area contributed by atoms with Crippen LogP contribution in [0.3, 0.4) is 0 Å². The van der Waals surface area contributed by atoms with Crippen LogP contribution in [0.15, 0.2) is 6.20 Å². The molecule has 0 unspecified atom stereocenters. The Hall–Kier alpha value is -2.05. The maximum absolute atomic E-state index is 11.8. The number of aromatic nitrogens is 2. The molecule has 0 saturated carbocycles. The predicted molar refractivity (Wildman–Crippen MR) is 71.2 cm³/mol. The number of nitrogens with zero attached hydrogens (tertiary/aromatic N) is 3. The second-order valence-corrected chi connectivity index (χ2v) is 4.20. The van der Waals surface area contributed by atoms with Crippen molar-refractivity contribution in [3.05, 3.63) is 11.8 Å². The van der Waals surface area contributed by atoms with Crippen LogP contribution in [-0.4, -0.2) is 47.4 Å². The molecule has 1 N–H and O–H groups in total. The number of hydrogen-bond acceptors (Lipinski definition) is 4. The van der Waals surface area contributed by atoms with Gasteiger partial charge in [-0.05, 0) is 13.3 Å². The number of carbonyl (C=O) groups is 2. The molecule has 2 amide bonds. The van der Waals surface area contributed by atoms with Crippen LogP contribution in [0.5, 0.6) is 0 Å². The third-order valence-electron chi connectivity index (χ3n) is 2.34.